The van der Waals surface area contributed by atoms with Gasteiger partial charge in [-0.25, -0.2) is 18.4 Å². The Labute approximate surface area is 221 Å². The van der Waals surface area contributed by atoms with E-state index in [0.29, 0.717) is 34.5 Å². The van der Waals surface area contributed by atoms with Gasteiger partial charge in [0, 0.05) is 32.5 Å². The summed E-state index contributed by atoms with van der Waals surface area (Å²) in [5.74, 6) is 2.47. The Bertz CT molecular complexity index is 1460. The van der Waals surface area contributed by atoms with Gasteiger partial charge in [-0.2, -0.15) is 0 Å². The first-order valence-electron chi connectivity index (χ1n) is 11.8. The Hall–Kier alpha value is -3.97. The number of hydrogen-bond donors (Lipinski definition) is 1. The molecule has 0 unspecified atom stereocenters. The number of hydrogen-bond acceptors (Lipinski definition) is 10. The number of aryl methyl sites for hydroxylation is 2. The van der Waals surface area contributed by atoms with E-state index in [1.807, 2.05) is 6.92 Å². The molecule has 0 saturated carbocycles. The van der Waals surface area contributed by atoms with E-state index in [4.69, 9.17) is 18.6 Å². The van der Waals surface area contributed by atoms with Gasteiger partial charge >= 0.3 is 0 Å². The van der Waals surface area contributed by atoms with Crippen LogP contribution >= 0.6 is 0 Å². The van der Waals surface area contributed by atoms with Gasteiger partial charge in [0.15, 0.2) is 5.76 Å². The van der Waals surface area contributed by atoms with Crippen LogP contribution in [0.1, 0.15) is 23.6 Å². The van der Waals surface area contributed by atoms with E-state index in [2.05, 4.69) is 24.9 Å². The maximum Gasteiger partial charge on any atom is 0.243 e. The largest absolute Gasteiger partial charge is 0.494 e. The fourth-order valence-corrected chi connectivity index (χ4v) is 5.21. The van der Waals surface area contributed by atoms with Crippen LogP contribution in [0.5, 0.6) is 11.5 Å². The van der Waals surface area contributed by atoms with Crippen molar-refractivity contribution in [3.8, 4) is 28.8 Å². The number of benzene rings is 1. The molecule has 3 aromatic heterocycles. The number of nitrogens with zero attached hydrogens (tertiary/aromatic N) is 5. The van der Waals surface area contributed by atoms with Crippen molar-refractivity contribution in [2.45, 2.75) is 31.9 Å². The highest BCUT2D eigenvalue weighted by Gasteiger charge is 2.31. The lowest BCUT2D eigenvalue weighted by atomic mass is 10.2. The minimum atomic E-state index is -4.03. The summed E-state index contributed by atoms with van der Waals surface area (Å²) in [6.45, 7) is 3.88. The maximum atomic E-state index is 13.7. The molecule has 0 aliphatic rings. The van der Waals surface area contributed by atoms with E-state index in [1.54, 1.807) is 49.6 Å². The first-order valence-corrected chi connectivity index (χ1v) is 13.3. The van der Waals surface area contributed by atoms with Crippen molar-refractivity contribution < 1.29 is 27.0 Å². The van der Waals surface area contributed by atoms with Crippen LogP contribution in [-0.2, 0) is 21.2 Å². The van der Waals surface area contributed by atoms with Crippen LogP contribution in [-0.4, -0.2) is 66.3 Å². The number of rotatable bonds is 12. The minimum absolute atomic E-state index is 0.0657. The number of anilines is 1. The predicted molar refractivity (Wildman–Crippen MR) is 140 cm³/mol. The molecule has 0 bridgehead atoms. The zero-order chi connectivity index (χ0) is 27.3. The Kier molecular flexibility index (Phi) is 8.27. The topological polar surface area (TPSA) is 143 Å². The molecule has 38 heavy (non-hydrogen) atoms. The second-order valence-corrected chi connectivity index (χ2v) is 10.5. The van der Waals surface area contributed by atoms with Gasteiger partial charge in [-0.3, -0.25) is 9.29 Å². The van der Waals surface area contributed by atoms with Gasteiger partial charge in [-0.15, -0.1) is 10.2 Å². The fourth-order valence-electron chi connectivity index (χ4n) is 3.88. The Balaban J connectivity index is 1.81. The molecular formula is C25H30N6O6S. The van der Waals surface area contributed by atoms with Crippen LogP contribution in [0.3, 0.4) is 0 Å². The van der Waals surface area contributed by atoms with Crippen LogP contribution in [0.25, 0.3) is 17.3 Å². The van der Waals surface area contributed by atoms with Crippen molar-refractivity contribution in [1.29, 1.82) is 0 Å². The quantitative estimate of drug-likeness (QED) is 0.283. The third-order valence-electron chi connectivity index (χ3n) is 5.81. The minimum Gasteiger partial charge on any atom is -0.494 e. The number of ether oxygens (including phenoxy) is 3. The molecule has 202 valence electrons. The highest BCUT2D eigenvalue weighted by atomic mass is 32.2. The number of methoxy groups -OCH3 is 3. The summed E-state index contributed by atoms with van der Waals surface area (Å²) in [7, 11) is 0.492. The fraction of sp³-hybridized carbons (Fsp3) is 0.360. The standard InChI is InChI=1S/C25H30N6O6S/c1-16-14-26-22(27-15-16)13-18(11-12-34-3)38(32,33)30-25-29-28-24(21-10-9-17(2)37-21)31(25)23-19(35-4)7-6-8-20(23)36-5/h6-10,14-15,18H,11-13H2,1-5H3,(H,29,30)/t18-/m1/s1. The molecule has 0 amide bonds. The summed E-state index contributed by atoms with van der Waals surface area (Å²) < 4.78 is 53.7. The summed E-state index contributed by atoms with van der Waals surface area (Å²) in [6.07, 6.45) is 3.59. The maximum absolute atomic E-state index is 13.7. The summed E-state index contributed by atoms with van der Waals surface area (Å²) >= 11 is 0. The first-order chi connectivity index (χ1) is 18.3. The van der Waals surface area contributed by atoms with E-state index >= 15 is 0 Å². The lowest BCUT2D eigenvalue weighted by molar-refractivity contribution is 0.193. The van der Waals surface area contributed by atoms with Crippen LogP contribution in [0.4, 0.5) is 5.95 Å². The summed E-state index contributed by atoms with van der Waals surface area (Å²) in [5.41, 5.74) is 1.28. The van der Waals surface area contributed by atoms with E-state index < -0.39 is 15.3 Å². The summed E-state index contributed by atoms with van der Waals surface area (Å²) in [5, 5.41) is 7.53. The molecule has 13 heteroatoms. The average molecular weight is 543 g/mol. The Morgan fingerprint density at radius 3 is 2.26 bits per heavy atom. The molecule has 0 radical (unpaired) electrons. The van der Waals surface area contributed by atoms with Crippen molar-refractivity contribution in [3.63, 3.8) is 0 Å². The molecule has 0 saturated heterocycles. The number of para-hydroxylation sites is 1. The van der Waals surface area contributed by atoms with Gasteiger partial charge in [0.05, 0.1) is 19.5 Å². The van der Waals surface area contributed by atoms with Crippen LogP contribution < -0.4 is 14.2 Å². The van der Waals surface area contributed by atoms with Crippen LogP contribution in [0.2, 0.25) is 0 Å². The van der Waals surface area contributed by atoms with E-state index in [9.17, 15) is 8.42 Å². The molecular weight excluding hydrogens is 512 g/mol. The van der Waals surface area contributed by atoms with E-state index in [0.717, 1.165) is 5.56 Å². The number of nitrogens with one attached hydrogen (secondary N) is 1. The predicted octanol–water partition coefficient (Wildman–Crippen LogP) is 3.34. The molecule has 1 aromatic carbocycles. The zero-order valence-electron chi connectivity index (χ0n) is 21.8. The monoisotopic (exact) mass is 542 g/mol. The van der Waals surface area contributed by atoms with Gasteiger partial charge in [0.2, 0.25) is 21.8 Å². The normalized spacial score (nSPS) is 12.3. The van der Waals surface area contributed by atoms with Gasteiger partial charge < -0.3 is 18.6 Å². The average Bonchev–Trinajstić information content (AvgIpc) is 3.52. The molecule has 0 aliphatic heterocycles. The van der Waals surface area contributed by atoms with Gasteiger partial charge in [-0.05, 0) is 50.1 Å². The molecule has 0 aliphatic carbocycles. The number of aromatic nitrogens is 5. The van der Waals surface area contributed by atoms with Gasteiger partial charge in [0.1, 0.15) is 28.8 Å². The van der Waals surface area contributed by atoms with Gasteiger partial charge in [0.25, 0.3) is 0 Å². The second kappa shape index (κ2) is 11.6. The molecule has 1 N–H and O–H groups in total. The van der Waals surface area contributed by atoms with E-state index in [1.165, 1.54) is 25.9 Å². The van der Waals surface area contributed by atoms with Gasteiger partial charge in [-0.1, -0.05) is 6.07 Å². The van der Waals surface area contributed by atoms with Crippen molar-refractivity contribution >= 4 is 16.0 Å². The highest BCUT2D eigenvalue weighted by molar-refractivity contribution is 7.93. The summed E-state index contributed by atoms with van der Waals surface area (Å²) in [4.78, 5) is 8.56. The summed E-state index contributed by atoms with van der Waals surface area (Å²) in [6, 6.07) is 8.72. The number of furan rings is 1. The molecule has 3 heterocycles. The molecule has 0 spiro atoms. The van der Waals surface area contributed by atoms with Crippen molar-refractivity contribution in [2.75, 3.05) is 32.7 Å². The molecule has 12 nitrogen and oxygen atoms in total. The smallest absolute Gasteiger partial charge is 0.243 e. The van der Waals surface area contributed by atoms with Crippen molar-refractivity contribution in [2.24, 2.45) is 0 Å². The molecule has 4 aromatic rings. The van der Waals surface area contributed by atoms with Crippen LogP contribution in [0, 0.1) is 13.8 Å². The van der Waals surface area contributed by atoms with E-state index in [-0.39, 0.29) is 31.2 Å². The third kappa shape index (κ3) is 5.78. The Morgan fingerprint density at radius 2 is 1.68 bits per heavy atom. The lowest BCUT2D eigenvalue weighted by Crippen LogP contribution is -2.32. The lowest BCUT2D eigenvalue weighted by Gasteiger charge is -2.20. The number of sulfonamides is 1. The SMILES string of the molecule is COCC[C@H](Cc1ncc(C)cn1)S(=O)(=O)Nc1nnc(-c2ccc(C)o2)n1-c1c(OC)cccc1OC. The second-order valence-electron chi connectivity index (χ2n) is 8.54. The zero-order valence-corrected chi connectivity index (χ0v) is 22.7. The third-order valence-corrected chi connectivity index (χ3v) is 7.56. The Morgan fingerprint density at radius 1 is 1.00 bits per heavy atom. The molecule has 1 atom stereocenters. The van der Waals surface area contributed by atoms with Crippen molar-refractivity contribution in [3.05, 3.63) is 59.9 Å². The van der Waals surface area contributed by atoms with Crippen LogP contribution in [0.15, 0.2) is 47.1 Å². The first kappa shape index (κ1) is 27.1. The van der Waals surface area contributed by atoms with Crippen molar-refractivity contribution in [1.82, 2.24) is 24.7 Å². The highest BCUT2D eigenvalue weighted by Crippen LogP contribution is 2.38. The molecule has 4 rings (SSSR count). The molecule has 0 fully saturated rings.